The number of hydrazine groups is 1. The van der Waals surface area contributed by atoms with E-state index in [-0.39, 0.29) is 12.3 Å². The number of nitro benzene ring substituents is 1. The summed E-state index contributed by atoms with van der Waals surface area (Å²) in [5, 5.41) is 10.6. The molecule has 2 aromatic rings. The smallest absolute Gasteiger partial charge is 0.276 e. The third kappa shape index (κ3) is 7.07. The second-order valence-electron chi connectivity index (χ2n) is 5.89. The number of benzene rings is 2. The molecule has 10 heteroatoms. The molecule has 0 aliphatic rings. The minimum Gasteiger partial charge on any atom is -0.492 e. The molecule has 2 rings (SSSR count). The molecule has 0 spiro atoms. The normalized spacial score (nSPS) is 10.1. The number of nitrogens with one attached hydrogen (secondary N) is 2. The number of hydrogen-bond donors (Lipinski definition) is 2. The van der Waals surface area contributed by atoms with Gasteiger partial charge in [0.25, 0.3) is 17.5 Å². The molecule has 0 fully saturated rings. The zero-order valence-corrected chi connectivity index (χ0v) is 17.2. The Bertz CT molecular complexity index is 873. The van der Waals surface area contributed by atoms with Crippen LogP contribution in [-0.4, -0.2) is 30.0 Å². The summed E-state index contributed by atoms with van der Waals surface area (Å²) in [5.41, 5.74) is 4.78. The zero-order valence-electron chi connectivity index (χ0n) is 15.6. The molecule has 0 bridgehead atoms. The van der Waals surface area contributed by atoms with E-state index in [2.05, 4.69) is 33.7 Å². The second kappa shape index (κ2) is 11.0. The molecule has 29 heavy (non-hydrogen) atoms. The Labute approximate surface area is 175 Å². The number of carbonyl (C=O) groups is 2. The first-order valence-electron chi connectivity index (χ1n) is 8.79. The Balaban J connectivity index is 1.79. The number of ether oxygens (including phenoxy) is 2. The van der Waals surface area contributed by atoms with Crippen molar-refractivity contribution in [3.8, 4) is 11.5 Å². The standard InChI is InChI=1S/C19H20BrN3O6/c1-2-3-10-28-17-9-4-13(11-16(17)20)19(25)22-21-18(24)12-29-15-7-5-14(6-8-15)23(26)27/h4-9,11H,2-3,10,12H2,1H3,(H,21,24)(H,22,25). The lowest BCUT2D eigenvalue weighted by atomic mass is 10.2. The largest absolute Gasteiger partial charge is 0.492 e. The molecule has 0 aromatic heterocycles. The average molecular weight is 466 g/mol. The number of nitrogens with zero attached hydrogens (tertiary/aromatic N) is 1. The van der Waals surface area contributed by atoms with Gasteiger partial charge in [0.1, 0.15) is 11.5 Å². The quantitative estimate of drug-likeness (QED) is 0.332. The average Bonchev–Trinajstić information content (AvgIpc) is 2.72. The van der Waals surface area contributed by atoms with E-state index in [0.717, 1.165) is 12.8 Å². The molecule has 9 nitrogen and oxygen atoms in total. The maximum absolute atomic E-state index is 12.2. The fraction of sp³-hybridized carbons (Fsp3) is 0.263. The van der Waals surface area contributed by atoms with Gasteiger partial charge in [0, 0.05) is 17.7 Å². The molecular formula is C19H20BrN3O6. The van der Waals surface area contributed by atoms with Gasteiger partial charge in [-0.15, -0.1) is 0 Å². The molecule has 0 aliphatic carbocycles. The van der Waals surface area contributed by atoms with Gasteiger partial charge in [0.2, 0.25) is 0 Å². The van der Waals surface area contributed by atoms with Gasteiger partial charge in [0.05, 0.1) is 16.0 Å². The van der Waals surface area contributed by atoms with E-state index in [0.29, 0.717) is 28.1 Å². The lowest BCUT2D eigenvalue weighted by molar-refractivity contribution is -0.384. The van der Waals surface area contributed by atoms with Crippen LogP contribution in [0.5, 0.6) is 11.5 Å². The van der Waals surface area contributed by atoms with Crippen molar-refractivity contribution in [2.45, 2.75) is 19.8 Å². The fourth-order valence-corrected chi connectivity index (χ4v) is 2.63. The van der Waals surface area contributed by atoms with Crippen LogP contribution in [0.25, 0.3) is 0 Å². The highest BCUT2D eigenvalue weighted by molar-refractivity contribution is 9.10. The Morgan fingerprint density at radius 2 is 1.83 bits per heavy atom. The molecule has 0 atom stereocenters. The number of carbonyl (C=O) groups excluding carboxylic acids is 2. The SMILES string of the molecule is CCCCOc1ccc(C(=O)NNC(=O)COc2ccc([N+](=O)[O-])cc2)cc1Br. The molecule has 2 N–H and O–H groups in total. The highest BCUT2D eigenvalue weighted by Crippen LogP contribution is 2.26. The number of nitro groups is 1. The molecule has 0 radical (unpaired) electrons. The van der Waals surface area contributed by atoms with Gasteiger partial charge >= 0.3 is 0 Å². The van der Waals surface area contributed by atoms with Crippen LogP contribution in [0.1, 0.15) is 30.1 Å². The molecule has 0 aliphatic heterocycles. The van der Waals surface area contributed by atoms with Crippen molar-refractivity contribution in [1.82, 2.24) is 10.9 Å². The number of non-ortho nitro benzene ring substituents is 1. The summed E-state index contributed by atoms with van der Waals surface area (Å²) < 4.78 is 11.4. The first kappa shape index (κ1) is 22.2. The number of hydrogen-bond acceptors (Lipinski definition) is 6. The van der Waals surface area contributed by atoms with Gasteiger partial charge in [0.15, 0.2) is 6.61 Å². The van der Waals surface area contributed by atoms with Gasteiger partial charge < -0.3 is 9.47 Å². The lowest BCUT2D eigenvalue weighted by Crippen LogP contribution is -2.43. The highest BCUT2D eigenvalue weighted by Gasteiger charge is 2.11. The van der Waals surface area contributed by atoms with E-state index in [1.165, 1.54) is 24.3 Å². The van der Waals surface area contributed by atoms with Crippen LogP contribution < -0.4 is 20.3 Å². The van der Waals surface area contributed by atoms with E-state index in [1.807, 2.05) is 0 Å². The van der Waals surface area contributed by atoms with Gasteiger partial charge in [-0.1, -0.05) is 13.3 Å². The minimum atomic E-state index is -0.588. The van der Waals surface area contributed by atoms with Crippen LogP contribution in [0.15, 0.2) is 46.9 Å². The summed E-state index contributed by atoms with van der Waals surface area (Å²) in [7, 11) is 0. The summed E-state index contributed by atoms with van der Waals surface area (Å²) in [5.74, 6) is -0.167. The third-order valence-electron chi connectivity index (χ3n) is 3.68. The number of halogens is 1. The van der Waals surface area contributed by atoms with E-state index < -0.39 is 16.7 Å². The van der Waals surface area contributed by atoms with Gasteiger partial charge in [-0.2, -0.15) is 0 Å². The monoisotopic (exact) mass is 465 g/mol. The van der Waals surface area contributed by atoms with Crippen LogP contribution in [0.3, 0.4) is 0 Å². The van der Waals surface area contributed by atoms with Gasteiger partial charge in [-0.25, -0.2) is 0 Å². The van der Waals surface area contributed by atoms with Crippen LogP contribution >= 0.6 is 15.9 Å². The topological polar surface area (TPSA) is 120 Å². The summed E-state index contributed by atoms with van der Waals surface area (Å²) >= 11 is 3.36. The van der Waals surface area contributed by atoms with Crippen LogP contribution in [0, 0.1) is 10.1 Å². The molecule has 0 saturated heterocycles. The molecule has 0 heterocycles. The Kier molecular flexibility index (Phi) is 8.41. The van der Waals surface area contributed by atoms with Crippen molar-refractivity contribution >= 4 is 33.4 Å². The van der Waals surface area contributed by atoms with Crippen molar-refractivity contribution in [2.75, 3.05) is 13.2 Å². The molecule has 0 saturated carbocycles. The molecule has 2 amide bonds. The van der Waals surface area contributed by atoms with E-state index in [1.54, 1.807) is 18.2 Å². The highest BCUT2D eigenvalue weighted by atomic mass is 79.9. The zero-order chi connectivity index (χ0) is 21.2. The molecule has 2 aromatic carbocycles. The van der Waals surface area contributed by atoms with Gasteiger partial charge in [-0.05, 0) is 52.7 Å². The first-order valence-corrected chi connectivity index (χ1v) is 9.58. The Morgan fingerprint density at radius 3 is 2.45 bits per heavy atom. The maximum atomic E-state index is 12.2. The van der Waals surface area contributed by atoms with E-state index >= 15 is 0 Å². The second-order valence-corrected chi connectivity index (χ2v) is 6.74. The van der Waals surface area contributed by atoms with Crippen LogP contribution in [0.2, 0.25) is 0 Å². The molecule has 0 unspecified atom stereocenters. The summed E-state index contributed by atoms with van der Waals surface area (Å²) in [4.78, 5) is 34.0. The predicted molar refractivity (Wildman–Crippen MR) is 109 cm³/mol. The first-order chi connectivity index (χ1) is 13.9. The lowest BCUT2D eigenvalue weighted by Gasteiger charge is -2.11. The van der Waals surface area contributed by atoms with Crippen molar-refractivity contribution in [2.24, 2.45) is 0 Å². The fourth-order valence-electron chi connectivity index (χ4n) is 2.13. The Hall–Kier alpha value is -3.14. The van der Waals surface area contributed by atoms with Gasteiger partial charge in [-0.3, -0.25) is 30.6 Å². The number of rotatable bonds is 9. The van der Waals surface area contributed by atoms with E-state index in [4.69, 9.17) is 9.47 Å². The maximum Gasteiger partial charge on any atom is 0.276 e. The van der Waals surface area contributed by atoms with Crippen molar-refractivity contribution in [1.29, 1.82) is 0 Å². The summed E-state index contributed by atoms with van der Waals surface area (Å²) in [6.45, 7) is 2.29. The third-order valence-corrected chi connectivity index (χ3v) is 4.30. The summed E-state index contributed by atoms with van der Waals surface area (Å²) in [6.07, 6.45) is 1.95. The van der Waals surface area contributed by atoms with Crippen molar-refractivity contribution in [3.05, 3.63) is 62.6 Å². The predicted octanol–water partition coefficient (Wildman–Crippen LogP) is 3.38. The Morgan fingerprint density at radius 1 is 1.10 bits per heavy atom. The summed E-state index contributed by atoms with van der Waals surface area (Å²) in [6, 6.07) is 10.1. The van der Waals surface area contributed by atoms with Crippen molar-refractivity contribution in [3.63, 3.8) is 0 Å². The van der Waals surface area contributed by atoms with E-state index in [9.17, 15) is 19.7 Å². The van der Waals surface area contributed by atoms with Crippen LogP contribution in [-0.2, 0) is 4.79 Å². The molecular weight excluding hydrogens is 446 g/mol. The van der Waals surface area contributed by atoms with Crippen LogP contribution in [0.4, 0.5) is 5.69 Å². The number of amides is 2. The molecule has 154 valence electrons. The number of unbranched alkanes of at least 4 members (excludes halogenated alkanes) is 1. The van der Waals surface area contributed by atoms with Crippen molar-refractivity contribution < 1.29 is 24.0 Å². The minimum absolute atomic E-state index is 0.0815.